The lowest BCUT2D eigenvalue weighted by Gasteiger charge is -2.10. The van der Waals surface area contributed by atoms with E-state index in [4.69, 9.17) is 18.9 Å². The van der Waals surface area contributed by atoms with Crippen molar-refractivity contribution in [3.63, 3.8) is 0 Å². The molecule has 0 amide bonds. The summed E-state index contributed by atoms with van der Waals surface area (Å²) in [5, 5.41) is 0. The molecule has 1 aliphatic heterocycles. The van der Waals surface area contributed by atoms with Gasteiger partial charge in [-0.25, -0.2) is 5.43 Å². The second kappa shape index (κ2) is 13.2. The Morgan fingerprint density at radius 2 is 1.11 bits per heavy atom. The van der Waals surface area contributed by atoms with E-state index < -0.39 is 0 Å². The summed E-state index contributed by atoms with van der Waals surface area (Å²) in [5.74, 6) is 0. The zero-order chi connectivity index (χ0) is 12.7. The van der Waals surface area contributed by atoms with E-state index in [2.05, 4.69) is 10.9 Å². The van der Waals surface area contributed by atoms with Crippen LogP contribution in [0.5, 0.6) is 0 Å². The highest BCUT2D eigenvalue weighted by atomic mass is 16.5. The molecule has 0 bridgehead atoms. The summed E-state index contributed by atoms with van der Waals surface area (Å²) in [5.41, 5.74) is 5.96. The van der Waals surface area contributed by atoms with Crippen molar-refractivity contribution in [3.05, 3.63) is 0 Å². The highest BCUT2D eigenvalue weighted by Gasteiger charge is 1.94. The Balaban J connectivity index is 2.00. The molecule has 1 saturated heterocycles. The third-order valence-corrected chi connectivity index (χ3v) is 2.49. The first-order valence-corrected chi connectivity index (χ1v) is 6.77. The van der Waals surface area contributed by atoms with Gasteiger partial charge in [-0.05, 0) is 19.3 Å². The zero-order valence-electron chi connectivity index (χ0n) is 11.1. The summed E-state index contributed by atoms with van der Waals surface area (Å²) in [6.07, 6.45) is 3.32. The van der Waals surface area contributed by atoms with Crippen LogP contribution in [-0.2, 0) is 18.9 Å². The highest BCUT2D eigenvalue weighted by Crippen LogP contribution is 1.96. The molecule has 1 fully saturated rings. The van der Waals surface area contributed by atoms with Gasteiger partial charge < -0.3 is 18.9 Å². The fraction of sp³-hybridized carbons (Fsp3) is 1.00. The van der Waals surface area contributed by atoms with Gasteiger partial charge in [0.25, 0.3) is 0 Å². The van der Waals surface area contributed by atoms with Crippen LogP contribution in [0.3, 0.4) is 0 Å². The topological polar surface area (TPSA) is 61.0 Å². The first kappa shape index (κ1) is 15.8. The van der Waals surface area contributed by atoms with Gasteiger partial charge in [-0.15, -0.1) is 0 Å². The highest BCUT2D eigenvalue weighted by molar-refractivity contribution is 4.43. The molecule has 0 aromatic heterocycles. The monoisotopic (exact) mass is 262 g/mol. The molecule has 6 nitrogen and oxygen atoms in total. The van der Waals surface area contributed by atoms with E-state index in [0.29, 0.717) is 39.8 Å². The lowest BCUT2D eigenvalue weighted by molar-refractivity contribution is 0.0257. The van der Waals surface area contributed by atoms with Crippen LogP contribution < -0.4 is 10.9 Å². The Morgan fingerprint density at radius 1 is 0.500 bits per heavy atom. The number of hydrogen-bond acceptors (Lipinski definition) is 6. The second-order valence-electron chi connectivity index (χ2n) is 4.05. The van der Waals surface area contributed by atoms with Crippen LogP contribution in [0.4, 0.5) is 0 Å². The first-order chi connectivity index (χ1) is 9.00. The molecule has 0 aliphatic carbocycles. The van der Waals surface area contributed by atoms with Crippen molar-refractivity contribution in [1.82, 2.24) is 10.9 Å². The van der Waals surface area contributed by atoms with Crippen LogP contribution in [0.15, 0.2) is 0 Å². The average molecular weight is 262 g/mol. The fourth-order valence-electron chi connectivity index (χ4n) is 1.51. The van der Waals surface area contributed by atoms with Crippen LogP contribution in [0, 0.1) is 0 Å². The predicted molar refractivity (Wildman–Crippen MR) is 68.3 cm³/mol. The van der Waals surface area contributed by atoms with E-state index in [-0.39, 0.29) is 0 Å². The van der Waals surface area contributed by atoms with E-state index >= 15 is 0 Å². The van der Waals surface area contributed by atoms with Crippen LogP contribution in [0.1, 0.15) is 19.3 Å². The fourth-order valence-corrected chi connectivity index (χ4v) is 1.51. The number of hydrazine groups is 1. The molecule has 0 aromatic rings. The molecule has 0 radical (unpaired) electrons. The van der Waals surface area contributed by atoms with Gasteiger partial charge in [0.05, 0.1) is 33.0 Å². The number of hydrogen-bond donors (Lipinski definition) is 2. The van der Waals surface area contributed by atoms with Crippen molar-refractivity contribution < 1.29 is 18.9 Å². The normalized spacial score (nSPS) is 24.0. The van der Waals surface area contributed by atoms with Gasteiger partial charge in [0.15, 0.2) is 0 Å². The predicted octanol–water partition coefficient (Wildman–Crippen LogP) is 0.288. The molecule has 1 rings (SSSR count). The molecule has 1 aliphatic rings. The lowest BCUT2D eigenvalue weighted by Crippen LogP contribution is -2.36. The van der Waals surface area contributed by atoms with Gasteiger partial charge in [0.2, 0.25) is 0 Å². The van der Waals surface area contributed by atoms with Crippen LogP contribution in [-0.4, -0.2) is 59.5 Å². The van der Waals surface area contributed by atoms with Crippen molar-refractivity contribution in [2.75, 3.05) is 59.5 Å². The third kappa shape index (κ3) is 10.9. The van der Waals surface area contributed by atoms with Gasteiger partial charge in [-0.3, -0.25) is 5.43 Å². The number of nitrogens with one attached hydrogen (secondary N) is 2. The lowest BCUT2D eigenvalue weighted by atomic mass is 10.2. The summed E-state index contributed by atoms with van der Waals surface area (Å²) in [4.78, 5) is 0. The molecular formula is C12H26N2O4. The maximum absolute atomic E-state index is 5.46. The maximum atomic E-state index is 5.46. The quantitative estimate of drug-likeness (QED) is 0.654. The summed E-state index contributed by atoms with van der Waals surface area (Å²) in [6, 6.07) is 0. The minimum Gasteiger partial charge on any atom is -0.379 e. The SMILES string of the molecule is C1CCOCCOCCNNCOCCOCC1. The summed E-state index contributed by atoms with van der Waals surface area (Å²) in [6.45, 7) is 6.11. The summed E-state index contributed by atoms with van der Waals surface area (Å²) in [7, 11) is 0. The molecule has 18 heavy (non-hydrogen) atoms. The van der Waals surface area contributed by atoms with Gasteiger partial charge in [0, 0.05) is 19.8 Å². The van der Waals surface area contributed by atoms with Crippen molar-refractivity contribution in [1.29, 1.82) is 0 Å². The number of rotatable bonds is 0. The number of ether oxygens (including phenoxy) is 4. The minimum atomic E-state index is 0.479. The van der Waals surface area contributed by atoms with E-state index in [0.717, 1.165) is 39.0 Å². The third-order valence-electron chi connectivity index (χ3n) is 2.49. The molecule has 0 atom stereocenters. The molecule has 6 heteroatoms. The van der Waals surface area contributed by atoms with Crippen molar-refractivity contribution in [2.45, 2.75) is 19.3 Å². The van der Waals surface area contributed by atoms with Crippen LogP contribution in [0.2, 0.25) is 0 Å². The Hall–Kier alpha value is -0.240. The molecule has 0 spiro atoms. The van der Waals surface area contributed by atoms with Crippen LogP contribution in [0.25, 0.3) is 0 Å². The maximum Gasteiger partial charge on any atom is 0.109 e. The summed E-state index contributed by atoms with van der Waals surface area (Å²) < 4.78 is 21.6. The smallest absolute Gasteiger partial charge is 0.109 e. The first-order valence-electron chi connectivity index (χ1n) is 6.77. The van der Waals surface area contributed by atoms with E-state index in [9.17, 15) is 0 Å². The summed E-state index contributed by atoms with van der Waals surface area (Å²) >= 11 is 0. The second-order valence-corrected chi connectivity index (χ2v) is 4.05. The minimum absolute atomic E-state index is 0.479. The van der Waals surface area contributed by atoms with Crippen molar-refractivity contribution in [3.8, 4) is 0 Å². The molecule has 2 N–H and O–H groups in total. The average Bonchev–Trinajstić information content (AvgIpc) is 2.39. The Labute approximate surface area is 109 Å². The molecule has 0 aromatic carbocycles. The molecular weight excluding hydrogens is 236 g/mol. The molecule has 0 unspecified atom stereocenters. The largest absolute Gasteiger partial charge is 0.379 e. The zero-order valence-corrected chi connectivity index (χ0v) is 11.1. The van der Waals surface area contributed by atoms with Crippen LogP contribution >= 0.6 is 0 Å². The Bertz CT molecular complexity index is 97.1. The Morgan fingerprint density at radius 3 is 1.83 bits per heavy atom. The van der Waals surface area contributed by atoms with E-state index in [1.54, 1.807) is 0 Å². The molecule has 108 valence electrons. The Kier molecular flexibility index (Phi) is 11.6. The molecule has 0 saturated carbocycles. The standard InChI is InChI=1S/C12H26N2O4/c1-2-5-15-8-9-17-7-4-13-14-12-18-11-10-16-6-3-1/h13-14H,1-12H2. The van der Waals surface area contributed by atoms with Crippen molar-refractivity contribution >= 4 is 0 Å². The molecule has 1 heterocycles. The van der Waals surface area contributed by atoms with Gasteiger partial charge in [-0.2, -0.15) is 0 Å². The van der Waals surface area contributed by atoms with E-state index in [1.807, 2.05) is 0 Å². The van der Waals surface area contributed by atoms with Gasteiger partial charge in [-0.1, -0.05) is 0 Å². The van der Waals surface area contributed by atoms with Crippen molar-refractivity contribution in [2.24, 2.45) is 0 Å². The van der Waals surface area contributed by atoms with E-state index in [1.165, 1.54) is 0 Å². The van der Waals surface area contributed by atoms with Gasteiger partial charge in [0.1, 0.15) is 6.73 Å². The van der Waals surface area contributed by atoms with Gasteiger partial charge >= 0.3 is 0 Å².